The van der Waals surface area contributed by atoms with Crippen molar-refractivity contribution < 1.29 is 9.53 Å². The number of aromatic nitrogens is 6. The molecular weight excluding hydrogens is 568 g/mol. The molecule has 0 atom stereocenters. The molecule has 1 saturated heterocycles. The van der Waals surface area contributed by atoms with Gasteiger partial charge in [0.25, 0.3) is 0 Å². The number of carbonyl (C=O) groups excluding carboxylic acids is 1. The van der Waals surface area contributed by atoms with Crippen LogP contribution < -0.4 is 15.0 Å². The number of likely N-dealkylation sites (N-methyl/N-ethyl adjacent to an activating group) is 1. The monoisotopic (exact) mass is 602 g/mol. The number of hydrogen-bond acceptors (Lipinski definition) is 10. The molecule has 45 heavy (non-hydrogen) atoms. The van der Waals surface area contributed by atoms with Gasteiger partial charge in [-0.05, 0) is 68.9 Å². The molecule has 1 fully saturated rings. The van der Waals surface area contributed by atoms with Crippen LogP contribution in [-0.2, 0) is 4.79 Å². The summed E-state index contributed by atoms with van der Waals surface area (Å²) in [5.74, 6) is 1.82. The van der Waals surface area contributed by atoms with Gasteiger partial charge in [0.15, 0.2) is 5.65 Å². The first-order chi connectivity index (χ1) is 21.9. The predicted molar refractivity (Wildman–Crippen MR) is 174 cm³/mol. The molecule has 5 aromatic rings. The van der Waals surface area contributed by atoms with Crippen molar-refractivity contribution in [2.45, 2.75) is 19.4 Å². The van der Waals surface area contributed by atoms with Gasteiger partial charge in [0, 0.05) is 49.5 Å². The Hall–Kier alpha value is -5.36. The SMILES string of the molecule is C=CC(=O)N1CC=C(c2ccc3ncnc(Nc4ccc(Oc5cc6ncnn6cn5)c(C)c4)c3c2N2CC(N(C)C)C2)CC1. The highest BCUT2D eigenvalue weighted by molar-refractivity contribution is 6.05. The van der Waals surface area contributed by atoms with Crippen LogP contribution in [0.2, 0.25) is 0 Å². The van der Waals surface area contributed by atoms with E-state index in [1.54, 1.807) is 23.2 Å². The lowest BCUT2D eigenvalue weighted by atomic mass is 9.92. The smallest absolute Gasteiger partial charge is 0.246 e. The molecule has 0 aliphatic carbocycles. The van der Waals surface area contributed by atoms with Crippen LogP contribution in [0.15, 0.2) is 74.1 Å². The molecule has 7 rings (SSSR count). The summed E-state index contributed by atoms with van der Waals surface area (Å²) in [4.78, 5) is 36.7. The van der Waals surface area contributed by atoms with Gasteiger partial charge >= 0.3 is 0 Å². The molecule has 12 heteroatoms. The van der Waals surface area contributed by atoms with Crippen LogP contribution in [0.1, 0.15) is 17.5 Å². The summed E-state index contributed by atoms with van der Waals surface area (Å²) < 4.78 is 7.67. The van der Waals surface area contributed by atoms with Crippen molar-refractivity contribution >= 4 is 45.2 Å². The Morgan fingerprint density at radius 1 is 1.09 bits per heavy atom. The van der Waals surface area contributed by atoms with Crippen molar-refractivity contribution in [1.29, 1.82) is 0 Å². The molecule has 0 radical (unpaired) electrons. The first kappa shape index (κ1) is 28.4. The van der Waals surface area contributed by atoms with Crippen LogP contribution in [0.25, 0.3) is 22.1 Å². The summed E-state index contributed by atoms with van der Waals surface area (Å²) in [7, 11) is 4.24. The fraction of sp³-hybridized carbons (Fsp3) is 0.273. The lowest BCUT2D eigenvalue weighted by molar-refractivity contribution is -0.125. The highest BCUT2D eigenvalue weighted by Gasteiger charge is 2.33. The normalized spacial score (nSPS) is 15.3. The molecule has 0 saturated carbocycles. The lowest BCUT2D eigenvalue weighted by Gasteiger charge is -2.45. The molecule has 228 valence electrons. The van der Waals surface area contributed by atoms with E-state index in [0.29, 0.717) is 36.4 Å². The molecule has 0 unspecified atom stereocenters. The minimum absolute atomic E-state index is 0.0418. The molecule has 2 aromatic carbocycles. The second-order valence-corrected chi connectivity index (χ2v) is 11.6. The van der Waals surface area contributed by atoms with Crippen molar-refractivity contribution in [3.63, 3.8) is 0 Å². The van der Waals surface area contributed by atoms with E-state index in [0.717, 1.165) is 58.7 Å². The van der Waals surface area contributed by atoms with Crippen LogP contribution >= 0.6 is 0 Å². The third kappa shape index (κ3) is 5.44. The van der Waals surface area contributed by atoms with Crippen LogP contribution in [-0.4, -0.2) is 91.6 Å². The molecule has 0 bridgehead atoms. The van der Waals surface area contributed by atoms with E-state index < -0.39 is 0 Å². The average Bonchev–Trinajstić information content (AvgIpc) is 3.49. The van der Waals surface area contributed by atoms with Crippen molar-refractivity contribution in [2.24, 2.45) is 0 Å². The largest absolute Gasteiger partial charge is 0.439 e. The minimum atomic E-state index is -0.0418. The highest BCUT2D eigenvalue weighted by Crippen LogP contribution is 2.42. The molecule has 0 spiro atoms. The number of amides is 1. The fourth-order valence-corrected chi connectivity index (χ4v) is 5.88. The van der Waals surface area contributed by atoms with Gasteiger partial charge < -0.3 is 24.8 Å². The molecule has 1 N–H and O–H groups in total. The molecule has 1 amide bonds. The van der Waals surface area contributed by atoms with Crippen molar-refractivity contribution in [2.75, 3.05) is 50.5 Å². The van der Waals surface area contributed by atoms with Crippen molar-refractivity contribution in [3.05, 3.63) is 85.2 Å². The number of rotatable bonds is 8. The summed E-state index contributed by atoms with van der Waals surface area (Å²) >= 11 is 0. The van der Waals surface area contributed by atoms with Gasteiger partial charge in [0.2, 0.25) is 11.8 Å². The number of hydrogen-bond donors (Lipinski definition) is 1. The first-order valence-corrected chi connectivity index (χ1v) is 14.9. The van der Waals surface area contributed by atoms with Crippen LogP contribution in [0.3, 0.4) is 0 Å². The van der Waals surface area contributed by atoms with Crippen molar-refractivity contribution in [3.8, 4) is 11.6 Å². The average molecular weight is 603 g/mol. The number of fused-ring (bicyclic) bond motifs is 2. The van der Waals surface area contributed by atoms with E-state index in [1.165, 1.54) is 18.0 Å². The van der Waals surface area contributed by atoms with Crippen molar-refractivity contribution in [1.82, 2.24) is 39.3 Å². The second kappa shape index (κ2) is 11.6. The van der Waals surface area contributed by atoms with Crippen LogP contribution in [0.5, 0.6) is 11.6 Å². The highest BCUT2D eigenvalue weighted by atomic mass is 16.5. The van der Waals surface area contributed by atoms with E-state index in [2.05, 4.69) is 74.1 Å². The van der Waals surface area contributed by atoms with E-state index in [1.807, 2.05) is 30.0 Å². The molecular formula is C33H34N10O2. The number of anilines is 3. The van der Waals surface area contributed by atoms with Gasteiger partial charge in [-0.2, -0.15) is 5.10 Å². The molecule has 3 aromatic heterocycles. The fourth-order valence-electron chi connectivity index (χ4n) is 5.88. The molecule has 2 aliphatic heterocycles. The maximum Gasteiger partial charge on any atom is 0.246 e. The van der Waals surface area contributed by atoms with E-state index >= 15 is 0 Å². The van der Waals surface area contributed by atoms with E-state index in [9.17, 15) is 4.79 Å². The number of ether oxygens (including phenoxy) is 1. The third-order valence-electron chi connectivity index (χ3n) is 8.53. The second-order valence-electron chi connectivity index (χ2n) is 11.6. The summed E-state index contributed by atoms with van der Waals surface area (Å²) in [6.45, 7) is 8.66. The van der Waals surface area contributed by atoms with E-state index in [4.69, 9.17) is 9.72 Å². The van der Waals surface area contributed by atoms with Crippen LogP contribution in [0.4, 0.5) is 17.2 Å². The van der Waals surface area contributed by atoms with Gasteiger partial charge in [0.1, 0.15) is 30.5 Å². The Kier molecular flexibility index (Phi) is 7.34. The number of nitrogens with zero attached hydrogens (tertiary/aromatic N) is 9. The number of carbonyl (C=O) groups is 1. The topological polar surface area (TPSA) is 117 Å². The number of nitrogens with one attached hydrogen (secondary N) is 1. The maximum absolute atomic E-state index is 12.2. The quantitative estimate of drug-likeness (QED) is 0.255. The number of aryl methyl sites for hydroxylation is 1. The van der Waals surface area contributed by atoms with Gasteiger partial charge in [-0.3, -0.25) is 4.79 Å². The Bertz CT molecular complexity index is 1960. The minimum Gasteiger partial charge on any atom is -0.439 e. The first-order valence-electron chi connectivity index (χ1n) is 14.9. The predicted octanol–water partition coefficient (Wildman–Crippen LogP) is 4.46. The Morgan fingerprint density at radius 3 is 2.71 bits per heavy atom. The zero-order valence-corrected chi connectivity index (χ0v) is 25.5. The Morgan fingerprint density at radius 2 is 1.96 bits per heavy atom. The summed E-state index contributed by atoms with van der Waals surface area (Å²) in [5.41, 5.74) is 6.83. The Balaban J connectivity index is 1.23. The van der Waals surface area contributed by atoms with Crippen LogP contribution in [0, 0.1) is 6.92 Å². The molecule has 5 heterocycles. The maximum atomic E-state index is 12.2. The van der Waals surface area contributed by atoms with Gasteiger partial charge in [-0.25, -0.2) is 24.5 Å². The van der Waals surface area contributed by atoms with E-state index in [-0.39, 0.29) is 5.91 Å². The summed E-state index contributed by atoms with van der Waals surface area (Å²) in [6.07, 6.45) is 8.96. The number of benzene rings is 2. The summed E-state index contributed by atoms with van der Waals surface area (Å²) in [6, 6.07) is 12.4. The summed E-state index contributed by atoms with van der Waals surface area (Å²) in [5, 5.41) is 8.63. The standard InChI is InChI=1S/C33H34N10O2/c1-5-30(44)41-12-10-22(11-13-41)25-7-8-26-31(32(25)42-16-24(17-42)40(3)4)33(36-18-34-26)39-23-6-9-27(21(2)14-23)45-29-15-28-35-19-38-43(28)20-37-29/h5-10,14-15,18-20,24H,1,11-13,16-17H2,2-4H3,(H,34,36,39). The van der Waals surface area contributed by atoms with Gasteiger partial charge in [0.05, 0.1) is 16.6 Å². The van der Waals surface area contributed by atoms with Gasteiger partial charge in [-0.15, -0.1) is 0 Å². The zero-order chi connectivity index (χ0) is 31.1. The third-order valence-corrected chi connectivity index (χ3v) is 8.53. The molecule has 2 aliphatic rings. The zero-order valence-electron chi connectivity index (χ0n) is 25.5. The molecule has 12 nitrogen and oxygen atoms in total. The lowest BCUT2D eigenvalue weighted by Crippen LogP contribution is -2.57. The van der Waals surface area contributed by atoms with Gasteiger partial charge in [-0.1, -0.05) is 18.7 Å². The Labute approximate surface area is 260 Å².